The van der Waals surface area contributed by atoms with Gasteiger partial charge >= 0.3 is 0 Å². The van der Waals surface area contributed by atoms with Crippen molar-refractivity contribution in [3.05, 3.63) is 89.7 Å². The van der Waals surface area contributed by atoms with Crippen LogP contribution in [0.3, 0.4) is 0 Å². The minimum atomic E-state index is -0.865. The SMILES string of the molecule is COc1cccc(-c2cccc(C(O)c3cccc(F)c3)c2)c1. The van der Waals surface area contributed by atoms with E-state index in [0.29, 0.717) is 5.56 Å². The Bertz CT molecular complexity index is 814. The summed E-state index contributed by atoms with van der Waals surface area (Å²) in [5.74, 6) is 0.420. The van der Waals surface area contributed by atoms with Crippen molar-refractivity contribution in [1.82, 2.24) is 0 Å². The van der Waals surface area contributed by atoms with Crippen LogP contribution in [0.2, 0.25) is 0 Å². The van der Waals surface area contributed by atoms with Gasteiger partial charge < -0.3 is 9.84 Å². The van der Waals surface area contributed by atoms with Crippen LogP contribution in [-0.4, -0.2) is 12.2 Å². The predicted molar refractivity (Wildman–Crippen MR) is 88.9 cm³/mol. The Hall–Kier alpha value is -2.65. The third kappa shape index (κ3) is 3.41. The van der Waals surface area contributed by atoms with Crippen molar-refractivity contribution in [3.8, 4) is 16.9 Å². The molecule has 1 unspecified atom stereocenters. The van der Waals surface area contributed by atoms with Crippen LogP contribution in [0.25, 0.3) is 11.1 Å². The highest BCUT2D eigenvalue weighted by molar-refractivity contribution is 5.66. The third-order valence-corrected chi connectivity index (χ3v) is 3.77. The van der Waals surface area contributed by atoms with E-state index < -0.39 is 6.10 Å². The number of aliphatic hydroxyl groups excluding tert-OH is 1. The van der Waals surface area contributed by atoms with E-state index in [1.165, 1.54) is 12.1 Å². The third-order valence-electron chi connectivity index (χ3n) is 3.77. The zero-order valence-electron chi connectivity index (χ0n) is 12.7. The maximum atomic E-state index is 13.3. The van der Waals surface area contributed by atoms with Crippen LogP contribution in [0.15, 0.2) is 72.8 Å². The maximum Gasteiger partial charge on any atom is 0.123 e. The molecule has 116 valence electrons. The Morgan fingerprint density at radius 3 is 2.13 bits per heavy atom. The van der Waals surface area contributed by atoms with Crippen LogP contribution < -0.4 is 4.74 Å². The molecular weight excluding hydrogens is 291 g/mol. The minimum absolute atomic E-state index is 0.356. The smallest absolute Gasteiger partial charge is 0.123 e. The number of methoxy groups -OCH3 is 1. The second-order valence-corrected chi connectivity index (χ2v) is 5.31. The summed E-state index contributed by atoms with van der Waals surface area (Å²) in [5.41, 5.74) is 3.22. The van der Waals surface area contributed by atoms with Gasteiger partial charge in [-0.25, -0.2) is 4.39 Å². The molecule has 3 aromatic rings. The first-order valence-corrected chi connectivity index (χ1v) is 7.35. The molecule has 1 atom stereocenters. The molecule has 0 radical (unpaired) electrons. The fourth-order valence-electron chi connectivity index (χ4n) is 2.56. The van der Waals surface area contributed by atoms with Crippen molar-refractivity contribution >= 4 is 0 Å². The molecule has 0 heterocycles. The van der Waals surface area contributed by atoms with Gasteiger partial charge in [0.05, 0.1) is 7.11 Å². The number of halogens is 1. The lowest BCUT2D eigenvalue weighted by atomic mass is 9.97. The molecule has 0 amide bonds. The summed E-state index contributed by atoms with van der Waals surface area (Å²) in [6, 6.07) is 21.3. The lowest BCUT2D eigenvalue weighted by Crippen LogP contribution is -2.00. The summed E-state index contributed by atoms with van der Waals surface area (Å²) in [6.45, 7) is 0. The van der Waals surface area contributed by atoms with Gasteiger partial charge in [-0.2, -0.15) is 0 Å². The van der Waals surface area contributed by atoms with Crippen molar-refractivity contribution < 1.29 is 14.2 Å². The normalized spacial score (nSPS) is 12.0. The molecule has 0 saturated heterocycles. The van der Waals surface area contributed by atoms with Crippen LogP contribution in [-0.2, 0) is 0 Å². The highest BCUT2D eigenvalue weighted by Crippen LogP contribution is 2.28. The van der Waals surface area contributed by atoms with Crippen LogP contribution >= 0.6 is 0 Å². The number of hydrogen-bond acceptors (Lipinski definition) is 2. The molecule has 0 saturated carbocycles. The fourth-order valence-corrected chi connectivity index (χ4v) is 2.56. The Labute approximate surface area is 134 Å². The summed E-state index contributed by atoms with van der Waals surface area (Å²) < 4.78 is 18.6. The molecular formula is C20H17FO2. The summed E-state index contributed by atoms with van der Waals surface area (Å²) in [7, 11) is 1.63. The van der Waals surface area contributed by atoms with E-state index in [0.717, 1.165) is 22.4 Å². The van der Waals surface area contributed by atoms with Crippen LogP contribution in [0.1, 0.15) is 17.2 Å². The van der Waals surface area contributed by atoms with Crippen LogP contribution in [0, 0.1) is 5.82 Å². The van der Waals surface area contributed by atoms with Gasteiger partial charge in [0.2, 0.25) is 0 Å². The fraction of sp³-hybridized carbons (Fsp3) is 0.100. The van der Waals surface area contributed by atoms with Gasteiger partial charge in [-0.3, -0.25) is 0 Å². The number of benzene rings is 3. The quantitative estimate of drug-likeness (QED) is 0.764. The average Bonchev–Trinajstić information content (AvgIpc) is 2.61. The second kappa shape index (κ2) is 6.63. The second-order valence-electron chi connectivity index (χ2n) is 5.31. The van der Waals surface area contributed by atoms with Gasteiger partial charge in [-0.05, 0) is 52.6 Å². The minimum Gasteiger partial charge on any atom is -0.497 e. The highest BCUT2D eigenvalue weighted by atomic mass is 19.1. The molecule has 0 fully saturated rings. The van der Waals surface area contributed by atoms with Crippen molar-refractivity contribution in [2.24, 2.45) is 0 Å². The maximum absolute atomic E-state index is 13.3. The molecule has 0 bridgehead atoms. The largest absolute Gasteiger partial charge is 0.497 e. The molecule has 1 N–H and O–H groups in total. The molecule has 0 aliphatic heterocycles. The molecule has 0 spiro atoms. The van der Waals surface area contributed by atoms with E-state index in [2.05, 4.69) is 0 Å². The zero-order chi connectivity index (χ0) is 16.2. The average molecular weight is 308 g/mol. The van der Waals surface area contributed by atoms with Crippen LogP contribution in [0.4, 0.5) is 4.39 Å². The first-order chi connectivity index (χ1) is 11.2. The monoisotopic (exact) mass is 308 g/mol. The van der Waals surface area contributed by atoms with E-state index in [9.17, 15) is 9.50 Å². The summed E-state index contributed by atoms with van der Waals surface area (Å²) >= 11 is 0. The van der Waals surface area contributed by atoms with Gasteiger partial charge in [0.25, 0.3) is 0 Å². The molecule has 23 heavy (non-hydrogen) atoms. The molecule has 0 aliphatic rings. The number of ether oxygens (including phenoxy) is 1. The van der Waals surface area contributed by atoms with E-state index in [-0.39, 0.29) is 5.82 Å². The van der Waals surface area contributed by atoms with E-state index in [4.69, 9.17) is 4.74 Å². The van der Waals surface area contributed by atoms with Crippen molar-refractivity contribution in [3.63, 3.8) is 0 Å². The van der Waals surface area contributed by atoms with Gasteiger partial charge in [0, 0.05) is 0 Å². The van der Waals surface area contributed by atoms with Crippen molar-refractivity contribution in [2.75, 3.05) is 7.11 Å². The van der Waals surface area contributed by atoms with E-state index >= 15 is 0 Å². The van der Waals surface area contributed by atoms with Gasteiger partial charge in [-0.15, -0.1) is 0 Å². The van der Waals surface area contributed by atoms with Gasteiger partial charge in [0.15, 0.2) is 0 Å². The summed E-state index contributed by atoms with van der Waals surface area (Å²) in [4.78, 5) is 0. The molecule has 0 aromatic heterocycles. The number of rotatable bonds is 4. The Kier molecular flexibility index (Phi) is 4.40. The topological polar surface area (TPSA) is 29.5 Å². The molecule has 3 rings (SSSR count). The lowest BCUT2D eigenvalue weighted by molar-refractivity contribution is 0.220. The Balaban J connectivity index is 1.96. The first kappa shape index (κ1) is 15.3. The number of hydrogen-bond donors (Lipinski definition) is 1. The predicted octanol–water partition coefficient (Wildman–Crippen LogP) is 4.58. The number of aliphatic hydroxyl groups is 1. The van der Waals surface area contributed by atoms with Gasteiger partial charge in [-0.1, -0.05) is 42.5 Å². The highest BCUT2D eigenvalue weighted by Gasteiger charge is 2.12. The van der Waals surface area contributed by atoms with Crippen molar-refractivity contribution in [1.29, 1.82) is 0 Å². The first-order valence-electron chi connectivity index (χ1n) is 7.35. The molecule has 2 nitrogen and oxygen atoms in total. The lowest BCUT2D eigenvalue weighted by Gasteiger charge is -2.13. The Morgan fingerprint density at radius 1 is 0.826 bits per heavy atom. The Morgan fingerprint density at radius 2 is 1.43 bits per heavy atom. The molecule has 3 heteroatoms. The van der Waals surface area contributed by atoms with E-state index in [1.54, 1.807) is 19.2 Å². The summed E-state index contributed by atoms with van der Waals surface area (Å²) in [5, 5.41) is 10.5. The van der Waals surface area contributed by atoms with Crippen molar-refractivity contribution in [2.45, 2.75) is 6.10 Å². The molecule has 3 aromatic carbocycles. The standard InChI is InChI=1S/C20H17FO2/c1-23-19-10-4-6-15(13-19)14-5-2-7-16(11-14)20(22)17-8-3-9-18(21)12-17/h2-13,20,22H,1H3. The van der Waals surface area contributed by atoms with Crippen LogP contribution in [0.5, 0.6) is 5.75 Å². The van der Waals surface area contributed by atoms with E-state index in [1.807, 2.05) is 48.5 Å². The molecule has 0 aliphatic carbocycles. The summed E-state index contributed by atoms with van der Waals surface area (Å²) in [6.07, 6.45) is -0.865. The van der Waals surface area contributed by atoms with Gasteiger partial charge in [0.1, 0.15) is 17.7 Å². The zero-order valence-corrected chi connectivity index (χ0v) is 12.7.